The first kappa shape index (κ1) is 36.7. The zero-order valence-electron chi connectivity index (χ0n) is 25.7. The third kappa shape index (κ3) is 27.7. The molecule has 224 valence electrons. The molecule has 0 bridgehead atoms. The second-order valence-electron chi connectivity index (χ2n) is 11.5. The third-order valence-corrected chi connectivity index (χ3v) is 7.74. The van der Waals surface area contributed by atoms with Crippen LogP contribution in [0.25, 0.3) is 0 Å². The van der Waals surface area contributed by atoms with Crippen molar-refractivity contribution in [1.29, 1.82) is 0 Å². The number of carbonyl (C=O) groups is 2. The van der Waals surface area contributed by atoms with Gasteiger partial charge in [0.1, 0.15) is 0 Å². The van der Waals surface area contributed by atoms with Crippen LogP contribution < -0.4 is 0 Å². The van der Waals surface area contributed by atoms with Crippen LogP contribution in [-0.2, 0) is 9.59 Å². The van der Waals surface area contributed by atoms with Crippen LogP contribution >= 0.6 is 0 Å². The minimum Gasteiger partial charge on any atom is -0.478 e. The Bertz CT molecular complexity index is 516. The van der Waals surface area contributed by atoms with Crippen LogP contribution in [0.2, 0.25) is 0 Å². The van der Waals surface area contributed by atoms with E-state index in [0.717, 1.165) is 44.8 Å². The Morgan fingerprint density at radius 1 is 0.447 bits per heavy atom. The van der Waals surface area contributed by atoms with E-state index in [0.29, 0.717) is 0 Å². The van der Waals surface area contributed by atoms with Crippen molar-refractivity contribution in [3.8, 4) is 0 Å². The Kier molecular flexibility index (Phi) is 29.2. The van der Waals surface area contributed by atoms with Gasteiger partial charge in [0.15, 0.2) is 0 Å². The van der Waals surface area contributed by atoms with Gasteiger partial charge in [0.25, 0.3) is 0 Å². The highest BCUT2D eigenvalue weighted by Crippen LogP contribution is 2.14. The molecule has 38 heavy (non-hydrogen) atoms. The van der Waals surface area contributed by atoms with Gasteiger partial charge in [-0.05, 0) is 12.8 Å². The molecule has 0 heterocycles. The van der Waals surface area contributed by atoms with Crippen LogP contribution in [0.4, 0.5) is 0 Å². The highest BCUT2D eigenvalue weighted by Gasteiger charge is 2.10. The maximum Gasteiger partial charge on any atom is 0.328 e. The van der Waals surface area contributed by atoms with Gasteiger partial charge in [0.05, 0.1) is 0 Å². The lowest BCUT2D eigenvalue weighted by atomic mass is 10.0. The Morgan fingerprint density at radius 3 is 0.974 bits per heavy atom. The molecule has 0 aromatic carbocycles. The standard InChI is InChI=1S/C34H65NO3/c1-3-5-7-9-11-13-15-17-19-21-23-25-27-31-35(33(36)29-30-34(37)38)32-28-26-24-22-20-18-16-14-12-10-8-6-4-2/h29-30H,3-28,31-32H2,1-2H3,(H,37,38)/b30-29+. The number of hydrogen-bond donors (Lipinski definition) is 1. The van der Waals surface area contributed by atoms with Crippen LogP contribution in [-0.4, -0.2) is 35.0 Å². The fourth-order valence-corrected chi connectivity index (χ4v) is 5.22. The quantitative estimate of drug-likeness (QED) is 0.0735. The molecular formula is C34H65NO3. The van der Waals surface area contributed by atoms with Crippen LogP contribution in [0.3, 0.4) is 0 Å². The largest absolute Gasteiger partial charge is 0.478 e. The predicted molar refractivity (Wildman–Crippen MR) is 165 cm³/mol. The van der Waals surface area contributed by atoms with Crippen molar-refractivity contribution in [2.45, 2.75) is 181 Å². The number of carbonyl (C=O) groups excluding carboxylic acids is 1. The lowest BCUT2D eigenvalue weighted by Crippen LogP contribution is -2.31. The van der Waals surface area contributed by atoms with E-state index in [1.54, 1.807) is 0 Å². The fourth-order valence-electron chi connectivity index (χ4n) is 5.22. The molecule has 1 N–H and O–H groups in total. The maximum atomic E-state index is 12.5. The topological polar surface area (TPSA) is 57.6 Å². The van der Waals surface area contributed by atoms with Gasteiger partial charge in [0.2, 0.25) is 5.91 Å². The molecule has 0 aliphatic rings. The minimum atomic E-state index is -1.06. The number of nitrogens with zero attached hydrogens (tertiary/aromatic N) is 1. The van der Waals surface area contributed by atoms with E-state index in [2.05, 4.69) is 13.8 Å². The molecule has 0 aromatic heterocycles. The molecule has 0 saturated heterocycles. The van der Waals surface area contributed by atoms with Gasteiger partial charge in [-0.25, -0.2) is 4.79 Å². The van der Waals surface area contributed by atoms with Crippen LogP contribution in [0, 0.1) is 0 Å². The Hall–Kier alpha value is -1.32. The molecule has 0 atom stereocenters. The van der Waals surface area contributed by atoms with Crippen molar-refractivity contribution in [2.24, 2.45) is 0 Å². The van der Waals surface area contributed by atoms with E-state index in [4.69, 9.17) is 5.11 Å². The summed E-state index contributed by atoms with van der Waals surface area (Å²) in [5, 5.41) is 8.88. The molecule has 0 spiro atoms. The average molecular weight is 536 g/mol. The molecule has 0 aliphatic heterocycles. The lowest BCUT2D eigenvalue weighted by molar-refractivity contribution is -0.132. The van der Waals surface area contributed by atoms with Crippen LogP contribution in [0.5, 0.6) is 0 Å². The second kappa shape index (κ2) is 30.2. The molecule has 0 aliphatic carbocycles. The summed E-state index contributed by atoms with van der Waals surface area (Å²) in [5.74, 6) is -1.20. The zero-order valence-corrected chi connectivity index (χ0v) is 25.7. The van der Waals surface area contributed by atoms with Crippen molar-refractivity contribution < 1.29 is 14.7 Å². The number of carboxylic acid groups (broad SMARTS) is 1. The van der Waals surface area contributed by atoms with Crippen molar-refractivity contribution in [2.75, 3.05) is 13.1 Å². The normalized spacial score (nSPS) is 11.4. The van der Waals surface area contributed by atoms with Crippen molar-refractivity contribution in [3.05, 3.63) is 12.2 Å². The average Bonchev–Trinajstić information content (AvgIpc) is 2.91. The highest BCUT2D eigenvalue weighted by atomic mass is 16.4. The zero-order chi connectivity index (χ0) is 27.9. The summed E-state index contributed by atoms with van der Waals surface area (Å²) in [6, 6.07) is 0. The Morgan fingerprint density at radius 2 is 0.711 bits per heavy atom. The number of aliphatic carboxylic acids is 1. The van der Waals surface area contributed by atoms with Gasteiger partial charge in [-0.2, -0.15) is 0 Å². The molecule has 0 rings (SSSR count). The first-order valence-corrected chi connectivity index (χ1v) is 16.8. The van der Waals surface area contributed by atoms with Gasteiger partial charge < -0.3 is 10.0 Å². The molecule has 0 unspecified atom stereocenters. The number of amides is 1. The van der Waals surface area contributed by atoms with Crippen molar-refractivity contribution in [3.63, 3.8) is 0 Å². The van der Waals surface area contributed by atoms with Gasteiger partial charge in [0, 0.05) is 25.2 Å². The second-order valence-corrected chi connectivity index (χ2v) is 11.5. The summed E-state index contributed by atoms with van der Waals surface area (Å²) >= 11 is 0. The molecule has 1 amide bonds. The monoisotopic (exact) mass is 535 g/mol. The van der Waals surface area contributed by atoms with Crippen LogP contribution in [0.1, 0.15) is 181 Å². The summed E-state index contributed by atoms with van der Waals surface area (Å²) in [4.78, 5) is 25.2. The number of unbranched alkanes of at least 4 members (excludes halogenated alkanes) is 24. The highest BCUT2D eigenvalue weighted by molar-refractivity contribution is 5.93. The molecule has 0 fully saturated rings. The first-order valence-electron chi connectivity index (χ1n) is 16.8. The van der Waals surface area contributed by atoms with E-state index in [-0.39, 0.29) is 5.91 Å². The molecular weight excluding hydrogens is 470 g/mol. The SMILES string of the molecule is CCCCCCCCCCCCCCCN(CCCCCCCCCCCCCCC)C(=O)/C=C/C(=O)O. The summed E-state index contributed by atoms with van der Waals surface area (Å²) in [5.41, 5.74) is 0. The number of rotatable bonds is 30. The lowest BCUT2D eigenvalue weighted by Gasteiger charge is -2.21. The van der Waals surface area contributed by atoms with E-state index in [9.17, 15) is 9.59 Å². The summed E-state index contributed by atoms with van der Waals surface area (Å²) in [6.07, 6.45) is 36.4. The number of hydrogen-bond acceptors (Lipinski definition) is 2. The fraction of sp³-hybridized carbons (Fsp3) is 0.882. The number of carboxylic acids is 1. The predicted octanol–water partition coefficient (Wildman–Crippen LogP) is 10.6. The van der Waals surface area contributed by atoms with Crippen molar-refractivity contribution >= 4 is 11.9 Å². The molecule has 4 heteroatoms. The Balaban J connectivity index is 3.86. The van der Waals surface area contributed by atoms with Crippen LogP contribution in [0.15, 0.2) is 12.2 Å². The van der Waals surface area contributed by atoms with Crippen molar-refractivity contribution in [1.82, 2.24) is 4.90 Å². The first-order chi connectivity index (χ1) is 18.6. The summed E-state index contributed by atoms with van der Waals surface area (Å²) < 4.78 is 0. The third-order valence-electron chi connectivity index (χ3n) is 7.74. The summed E-state index contributed by atoms with van der Waals surface area (Å²) in [7, 11) is 0. The molecule has 0 aromatic rings. The van der Waals surface area contributed by atoms with Gasteiger partial charge in [-0.3, -0.25) is 4.79 Å². The Labute approximate surface area is 237 Å². The molecule has 0 saturated carbocycles. The van der Waals surface area contributed by atoms with Gasteiger partial charge in [-0.15, -0.1) is 0 Å². The minimum absolute atomic E-state index is 0.148. The van der Waals surface area contributed by atoms with Gasteiger partial charge >= 0.3 is 5.97 Å². The van der Waals surface area contributed by atoms with E-state index in [1.807, 2.05) is 4.90 Å². The van der Waals surface area contributed by atoms with Gasteiger partial charge in [-0.1, -0.05) is 168 Å². The smallest absolute Gasteiger partial charge is 0.328 e. The molecule has 0 radical (unpaired) electrons. The maximum absolute atomic E-state index is 12.5. The summed E-state index contributed by atoms with van der Waals surface area (Å²) in [6.45, 7) is 6.04. The van der Waals surface area contributed by atoms with E-state index in [1.165, 1.54) is 147 Å². The van der Waals surface area contributed by atoms with E-state index < -0.39 is 5.97 Å². The van der Waals surface area contributed by atoms with E-state index >= 15 is 0 Å². The molecule has 4 nitrogen and oxygen atoms in total.